The topological polar surface area (TPSA) is 21.9 Å². The lowest BCUT2D eigenvalue weighted by atomic mass is 9.68. The van der Waals surface area contributed by atoms with Crippen LogP contribution < -0.4 is 13.9 Å². The number of nitrogens with zero attached hydrogens (tertiary/aromatic N) is 3. The summed E-state index contributed by atoms with van der Waals surface area (Å²) in [6.07, 6.45) is 6.64. The third-order valence-corrected chi connectivity index (χ3v) is 17.1. The molecule has 344 valence electrons. The maximum atomic E-state index is 7.73. The van der Waals surface area contributed by atoms with E-state index in [1.165, 1.54) is 89.0 Å². The van der Waals surface area contributed by atoms with Crippen LogP contribution in [0.15, 0.2) is 134 Å². The monoisotopic (exact) mass is 896 g/mol. The normalized spacial score (nSPS) is 15.8. The molecule has 2 aromatic heterocycles. The third-order valence-electron chi connectivity index (χ3n) is 17.1. The molecule has 0 bridgehead atoms. The van der Waals surface area contributed by atoms with Gasteiger partial charge in [-0.2, -0.15) is 4.57 Å². The molecule has 0 saturated heterocycles. The number of hydrogen-bond donors (Lipinski definition) is 0. The number of aryl methyl sites for hydroxylation is 1. The largest absolute Gasteiger partial charge is 0.499 e. The molecule has 0 N–H and O–H groups in total. The van der Waals surface area contributed by atoms with Gasteiger partial charge in [-0.15, -0.1) is 9.13 Å². The minimum Gasteiger partial charge on any atom is -0.392 e. The average molecular weight is 896 g/mol. The van der Waals surface area contributed by atoms with Crippen LogP contribution in [0.4, 0.5) is 0 Å². The van der Waals surface area contributed by atoms with Gasteiger partial charge in [-0.25, -0.2) is 0 Å². The third kappa shape index (κ3) is 6.11. The van der Waals surface area contributed by atoms with Crippen LogP contribution in [0, 0.1) is 6.92 Å². The molecule has 8 aromatic rings. The van der Waals surface area contributed by atoms with Gasteiger partial charge < -0.3 is 4.74 Å². The molecule has 68 heavy (non-hydrogen) atoms. The first-order chi connectivity index (χ1) is 32.4. The lowest BCUT2D eigenvalue weighted by molar-refractivity contribution is -0.997. The van der Waals surface area contributed by atoms with Gasteiger partial charge in [0.15, 0.2) is 17.2 Å². The lowest BCUT2D eigenvalue weighted by Crippen LogP contribution is -2.78. The van der Waals surface area contributed by atoms with E-state index in [0.29, 0.717) is 0 Å². The predicted octanol–water partition coefficient (Wildman–Crippen LogP) is 15.8. The van der Waals surface area contributed by atoms with E-state index in [4.69, 9.17) is 4.74 Å². The zero-order valence-corrected chi connectivity index (χ0v) is 42.8. The Bertz CT molecular complexity index is 3320. The van der Waals surface area contributed by atoms with Crippen molar-refractivity contribution in [2.75, 3.05) is 0 Å². The van der Waals surface area contributed by atoms with Gasteiger partial charge >= 0.3 is 11.7 Å². The lowest BCUT2D eigenvalue weighted by Gasteiger charge is -2.36. The summed E-state index contributed by atoms with van der Waals surface area (Å²) in [4.78, 5) is 0. The Kier molecular flexibility index (Phi) is 9.84. The van der Waals surface area contributed by atoms with Gasteiger partial charge in [-0.3, -0.25) is 0 Å². The minimum atomic E-state index is -1.01. The van der Waals surface area contributed by atoms with Gasteiger partial charge in [0.05, 0.1) is 5.56 Å². The molecule has 11 rings (SSSR count). The van der Waals surface area contributed by atoms with Crippen LogP contribution in [0.1, 0.15) is 142 Å². The number of aromatic nitrogens is 3. The number of hydrogen-bond acceptors (Lipinski definition) is 1. The maximum absolute atomic E-state index is 7.73. The standard InChI is InChI=1S/C64H69N3O/c1-14-62(12,15-2)50-24-21-25-51(63(13,16-3)17-4)56(50)43-30-33-52(40(5)36-43)66-53-26-20-23-46-48-38-45(61(9,10)11)39-49-54-37-42(41-28-31-44(32-29-41)60(6,7)8)34-35-65(54)64(57(48)49)67(58(46)53)59(66)47-22-18-19-27-55(47)68-64/h18-39H,14-17H2,1-13H3/q+2. The van der Waals surface area contributed by atoms with Crippen LogP contribution >= 0.6 is 0 Å². The van der Waals surface area contributed by atoms with E-state index in [0.717, 1.165) is 48.5 Å². The zero-order chi connectivity index (χ0) is 47.9. The fourth-order valence-corrected chi connectivity index (χ4v) is 12.0. The van der Waals surface area contributed by atoms with Crippen LogP contribution in [0.3, 0.4) is 0 Å². The summed E-state index contributed by atoms with van der Waals surface area (Å²) < 4.78 is 15.3. The highest BCUT2D eigenvalue weighted by Crippen LogP contribution is 2.55. The smallest absolute Gasteiger partial charge is 0.392 e. The molecule has 1 unspecified atom stereocenters. The maximum Gasteiger partial charge on any atom is 0.499 e. The van der Waals surface area contributed by atoms with Gasteiger partial charge in [-0.05, 0) is 153 Å². The number of imidazole rings is 1. The Morgan fingerprint density at radius 1 is 0.544 bits per heavy atom. The molecule has 0 fully saturated rings. The molecular formula is C64H69N3O+2. The molecule has 6 aromatic carbocycles. The van der Waals surface area contributed by atoms with Crippen molar-refractivity contribution in [3.8, 4) is 67.5 Å². The molecule has 1 spiro atoms. The fourth-order valence-electron chi connectivity index (χ4n) is 12.0. The van der Waals surface area contributed by atoms with Crippen molar-refractivity contribution >= 4 is 11.0 Å². The average Bonchev–Trinajstić information content (AvgIpc) is 3.83. The summed E-state index contributed by atoms with van der Waals surface area (Å²) in [5, 5.41) is 0. The van der Waals surface area contributed by atoms with Crippen molar-refractivity contribution in [2.24, 2.45) is 0 Å². The van der Waals surface area contributed by atoms with Gasteiger partial charge in [0.2, 0.25) is 5.69 Å². The molecular weight excluding hydrogens is 827 g/mol. The first-order valence-corrected chi connectivity index (χ1v) is 25.4. The van der Waals surface area contributed by atoms with Gasteiger partial charge in [0, 0.05) is 23.3 Å². The second kappa shape index (κ2) is 15.1. The van der Waals surface area contributed by atoms with Crippen molar-refractivity contribution in [3.05, 3.63) is 167 Å². The van der Waals surface area contributed by atoms with E-state index in [9.17, 15) is 0 Å². The summed E-state index contributed by atoms with van der Waals surface area (Å²) in [7, 11) is 0. The first-order valence-electron chi connectivity index (χ1n) is 25.4. The summed E-state index contributed by atoms with van der Waals surface area (Å²) in [5.74, 6) is 0.992. The van der Waals surface area contributed by atoms with Gasteiger partial charge in [-0.1, -0.05) is 150 Å². The predicted molar refractivity (Wildman–Crippen MR) is 282 cm³/mol. The van der Waals surface area contributed by atoms with E-state index in [1.54, 1.807) is 0 Å². The Hall–Kier alpha value is -6.26. The molecule has 3 aliphatic heterocycles. The summed E-state index contributed by atoms with van der Waals surface area (Å²) in [5.41, 5.74) is 22.7. The highest BCUT2D eigenvalue weighted by atomic mass is 16.5. The molecule has 4 heteroatoms. The van der Waals surface area contributed by atoms with E-state index < -0.39 is 5.85 Å². The molecule has 0 radical (unpaired) electrons. The second-order valence-corrected chi connectivity index (χ2v) is 22.8. The molecule has 4 nitrogen and oxygen atoms in total. The number of rotatable bonds is 9. The number of fused-ring (bicyclic) bond motifs is 5. The fraction of sp³-hybridized carbons (Fsp3) is 0.344. The van der Waals surface area contributed by atoms with Crippen LogP contribution in [0.2, 0.25) is 0 Å². The van der Waals surface area contributed by atoms with E-state index in [2.05, 4.69) is 237 Å². The highest BCUT2D eigenvalue weighted by molar-refractivity contribution is 5.98. The van der Waals surface area contributed by atoms with Crippen molar-refractivity contribution in [1.82, 2.24) is 4.57 Å². The van der Waals surface area contributed by atoms with E-state index >= 15 is 0 Å². The quantitative estimate of drug-likeness (QED) is 0.132. The Morgan fingerprint density at radius 2 is 1.15 bits per heavy atom. The Labute approximate surface area is 405 Å². The zero-order valence-electron chi connectivity index (χ0n) is 42.8. The van der Waals surface area contributed by atoms with E-state index in [1.807, 2.05) is 0 Å². The Morgan fingerprint density at radius 3 is 1.78 bits per heavy atom. The first kappa shape index (κ1) is 44.3. The summed E-state index contributed by atoms with van der Waals surface area (Å²) in [6, 6.07) is 48.9. The van der Waals surface area contributed by atoms with Crippen LogP contribution in [-0.2, 0) is 27.5 Å². The van der Waals surface area contributed by atoms with Crippen molar-refractivity contribution in [3.63, 3.8) is 0 Å². The number of pyridine rings is 1. The second-order valence-electron chi connectivity index (χ2n) is 22.8. The van der Waals surface area contributed by atoms with Crippen LogP contribution in [0.25, 0.3) is 72.7 Å². The summed E-state index contributed by atoms with van der Waals surface area (Å²) in [6.45, 7) is 30.5. The molecule has 1 atom stereocenters. The van der Waals surface area contributed by atoms with Crippen LogP contribution in [-0.4, -0.2) is 4.57 Å². The molecule has 5 heterocycles. The van der Waals surface area contributed by atoms with Crippen molar-refractivity contribution in [1.29, 1.82) is 0 Å². The van der Waals surface area contributed by atoms with Crippen molar-refractivity contribution < 1.29 is 13.9 Å². The molecule has 0 amide bonds. The highest BCUT2D eigenvalue weighted by Gasteiger charge is 2.68. The van der Waals surface area contributed by atoms with Crippen molar-refractivity contribution in [2.45, 2.75) is 143 Å². The van der Waals surface area contributed by atoms with Gasteiger partial charge in [0.1, 0.15) is 22.6 Å². The van der Waals surface area contributed by atoms with Crippen LogP contribution in [0.5, 0.6) is 5.75 Å². The summed E-state index contributed by atoms with van der Waals surface area (Å²) >= 11 is 0. The number of ether oxygens (including phenoxy) is 1. The Balaban J connectivity index is 1.20. The minimum absolute atomic E-state index is 0.0595. The molecule has 3 aliphatic rings. The molecule has 0 aliphatic carbocycles. The number of benzene rings is 6. The number of para-hydroxylation sites is 2. The molecule has 0 saturated carbocycles. The van der Waals surface area contributed by atoms with Gasteiger partial charge in [0.25, 0.3) is 0 Å². The van der Waals surface area contributed by atoms with E-state index in [-0.39, 0.29) is 21.7 Å². The SMILES string of the molecule is CCC(C)(CC)c1cccc(C(C)(CC)CC)c1-c1ccc(-n2c3[n+]4c5c(cccc52)-c2cc(C(C)(C)C)cc5c2C4(Oc2ccccc2-3)[n+]2ccc(-c3ccc(C(C)(C)C)cc3)cc2-5)c(C)c1.